The lowest BCUT2D eigenvalue weighted by molar-refractivity contribution is 0.0946. The maximum atomic E-state index is 8.58. The molecule has 1 saturated heterocycles. The first-order valence-electron chi connectivity index (χ1n) is 3.54. The Morgan fingerprint density at radius 1 is 1.80 bits per heavy atom. The minimum Gasteiger partial charge on any atom is -0.396 e. The molecule has 0 bridgehead atoms. The molecule has 0 aliphatic carbocycles. The molecular weight excluding hydrogens is 147 g/mol. The standard InChI is InChI=1S/C6H12BO2S/c1-7-5-4-10-6(9-5)2-3-8/h5-6,8H,2-4H2,1H3/t5-,6+/m1/s1. The van der Waals surface area contributed by atoms with E-state index in [4.69, 9.17) is 9.84 Å². The van der Waals surface area contributed by atoms with E-state index in [-0.39, 0.29) is 12.0 Å². The van der Waals surface area contributed by atoms with Crippen LogP contribution in [0.3, 0.4) is 0 Å². The smallest absolute Gasteiger partial charge is 0.147 e. The van der Waals surface area contributed by atoms with Crippen molar-refractivity contribution < 1.29 is 9.84 Å². The van der Waals surface area contributed by atoms with Gasteiger partial charge in [0.05, 0.1) is 0 Å². The van der Waals surface area contributed by atoms with E-state index in [1.54, 1.807) is 11.8 Å². The fourth-order valence-electron chi connectivity index (χ4n) is 0.907. The van der Waals surface area contributed by atoms with Crippen molar-refractivity contribution in [3.8, 4) is 0 Å². The second-order valence-electron chi connectivity index (χ2n) is 2.28. The lowest BCUT2D eigenvalue weighted by Gasteiger charge is -2.08. The normalized spacial score (nSPS) is 32.6. The van der Waals surface area contributed by atoms with Gasteiger partial charge in [-0.1, -0.05) is 6.82 Å². The average molecular weight is 159 g/mol. The lowest BCUT2D eigenvalue weighted by Crippen LogP contribution is -2.17. The molecule has 57 valence electrons. The Hall–Kier alpha value is 0.335. The zero-order valence-electron chi connectivity index (χ0n) is 6.12. The van der Waals surface area contributed by atoms with Crippen molar-refractivity contribution in [2.75, 3.05) is 12.4 Å². The molecule has 1 radical (unpaired) electrons. The molecule has 0 saturated carbocycles. The Bertz CT molecular complexity index is 102. The van der Waals surface area contributed by atoms with Crippen molar-refractivity contribution in [1.29, 1.82) is 0 Å². The third-order valence-electron chi connectivity index (χ3n) is 1.51. The first kappa shape index (κ1) is 8.43. The summed E-state index contributed by atoms with van der Waals surface area (Å²) in [6, 6.07) is 0.307. The van der Waals surface area contributed by atoms with Gasteiger partial charge in [0.2, 0.25) is 0 Å². The molecule has 0 unspecified atom stereocenters. The van der Waals surface area contributed by atoms with Gasteiger partial charge in [0, 0.05) is 24.8 Å². The van der Waals surface area contributed by atoms with Gasteiger partial charge >= 0.3 is 0 Å². The first-order valence-corrected chi connectivity index (χ1v) is 4.59. The van der Waals surface area contributed by atoms with Crippen molar-refractivity contribution in [3.63, 3.8) is 0 Å². The minimum absolute atomic E-state index is 0.228. The summed E-state index contributed by atoms with van der Waals surface area (Å²) in [4.78, 5) is 0. The van der Waals surface area contributed by atoms with Crippen molar-refractivity contribution in [2.24, 2.45) is 0 Å². The summed E-state index contributed by atoms with van der Waals surface area (Å²) < 4.78 is 5.50. The first-order chi connectivity index (χ1) is 4.86. The second-order valence-corrected chi connectivity index (χ2v) is 3.48. The molecule has 0 spiro atoms. The van der Waals surface area contributed by atoms with Crippen LogP contribution >= 0.6 is 11.8 Å². The topological polar surface area (TPSA) is 29.5 Å². The fourth-order valence-corrected chi connectivity index (χ4v) is 2.08. The number of hydrogen-bond donors (Lipinski definition) is 1. The van der Waals surface area contributed by atoms with Gasteiger partial charge in [0.25, 0.3) is 0 Å². The predicted octanol–water partition coefficient (Wildman–Crippen LogP) is 0.537. The molecule has 10 heavy (non-hydrogen) atoms. The van der Waals surface area contributed by atoms with Crippen LogP contribution in [-0.2, 0) is 4.74 Å². The highest BCUT2D eigenvalue weighted by Crippen LogP contribution is 2.26. The summed E-state index contributed by atoms with van der Waals surface area (Å²) in [6.45, 7) is 2.24. The van der Waals surface area contributed by atoms with Gasteiger partial charge in [-0.25, -0.2) is 0 Å². The Morgan fingerprint density at radius 2 is 2.60 bits per heavy atom. The molecule has 2 atom stereocenters. The third kappa shape index (κ3) is 2.18. The van der Waals surface area contributed by atoms with Gasteiger partial charge in [-0.2, -0.15) is 0 Å². The summed E-state index contributed by atoms with van der Waals surface area (Å²) >= 11 is 1.79. The van der Waals surface area contributed by atoms with Crippen LogP contribution in [0, 0.1) is 0 Å². The summed E-state index contributed by atoms with van der Waals surface area (Å²) in [5.74, 6) is 1.04. The summed E-state index contributed by atoms with van der Waals surface area (Å²) in [6.07, 6.45) is 0.759. The number of aliphatic hydroxyl groups excluding tert-OH is 1. The van der Waals surface area contributed by atoms with E-state index in [1.165, 1.54) is 0 Å². The van der Waals surface area contributed by atoms with Crippen LogP contribution in [0.1, 0.15) is 6.42 Å². The third-order valence-corrected chi connectivity index (χ3v) is 2.75. The number of hydrogen-bond acceptors (Lipinski definition) is 3. The molecule has 0 aromatic rings. The fraction of sp³-hybridized carbons (Fsp3) is 1.00. The van der Waals surface area contributed by atoms with E-state index in [9.17, 15) is 0 Å². The van der Waals surface area contributed by atoms with E-state index in [2.05, 4.69) is 7.28 Å². The molecular formula is C6H12BO2S. The van der Waals surface area contributed by atoms with E-state index < -0.39 is 0 Å². The van der Waals surface area contributed by atoms with Crippen molar-refractivity contribution in [3.05, 3.63) is 0 Å². The van der Waals surface area contributed by atoms with Crippen LogP contribution in [0.25, 0.3) is 0 Å². The summed E-state index contributed by atoms with van der Waals surface area (Å²) in [5.41, 5.74) is 0.228. The van der Waals surface area contributed by atoms with Crippen LogP contribution in [0.4, 0.5) is 0 Å². The molecule has 0 aromatic heterocycles. The molecule has 0 aromatic carbocycles. The number of aliphatic hydroxyl groups is 1. The van der Waals surface area contributed by atoms with Crippen LogP contribution in [0.15, 0.2) is 0 Å². The molecule has 1 rings (SSSR count). The SMILES string of the molecule is C[B][C@H]1CS[C@@H](CCO)O1. The molecule has 1 N–H and O–H groups in total. The lowest BCUT2D eigenvalue weighted by atomic mass is 9.76. The Morgan fingerprint density at radius 3 is 3.10 bits per heavy atom. The molecule has 4 heteroatoms. The van der Waals surface area contributed by atoms with Crippen LogP contribution < -0.4 is 0 Å². The van der Waals surface area contributed by atoms with Gasteiger partial charge in [0.15, 0.2) is 0 Å². The zero-order valence-corrected chi connectivity index (χ0v) is 6.93. The summed E-state index contributed by atoms with van der Waals surface area (Å²) in [5, 5.41) is 8.58. The average Bonchev–Trinajstić information content (AvgIpc) is 2.37. The van der Waals surface area contributed by atoms with Crippen molar-refractivity contribution >= 4 is 19.0 Å². The highest BCUT2D eigenvalue weighted by Gasteiger charge is 2.23. The highest BCUT2D eigenvalue weighted by molar-refractivity contribution is 8.00. The van der Waals surface area contributed by atoms with Crippen molar-refractivity contribution in [2.45, 2.75) is 24.7 Å². The Balaban J connectivity index is 2.15. The van der Waals surface area contributed by atoms with Crippen LogP contribution in [0.5, 0.6) is 0 Å². The molecule has 1 heterocycles. The van der Waals surface area contributed by atoms with E-state index in [1.807, 2.05) is 6.82 Å². The van der Waals surface area contributed by atoms with Gasteiger partial charge in [0.1, 0.15) is 12.7 Å². The van der Waals surface area contributed by atoms with Crippen molar-refractivity contribution in [1.82, 2.24) is 0 Å². The van der Waals surface area contributed by atoms with Gasteiger partial charge in [-0.15, -0.1) is 11.8 Å². The molecule has 1 fully saturated rings. The van der Waals surface area contributed by atoms with E-state index in [0.29, 0.717) is 6.00 Å². The van der Waals surface area contributed by atoms with E-state index in [0.717, 1.165) is 12.2 Å². The zero-order chi connectivity index (χ0) is 7.40. The highest BCUT2D eigenvalue weighted by atomic mass is 32.2. The summed E-state index contributed by atoms with van der Waals surface area (Å²) in [7, 11) is 2.06. The molecule has 1 aliphatic heterocycles. The van der Waals surface area contributed by atoms with Crippen LogP contribution in [-0.4, -0.2) is 36.2 Å². The predicted molar refractivity (Wildman–Crippen MR) is 44.4 cm³/mol. The number of rotatable bonds is 3. The largest absolute Gasteiger partial charge is 0.396 e. The maximum Gasteiger partial charge on any atom is 0.147 e. The molecule has 0 amide bonds. The molecule has 1 aliphatic rings. The molecule has 2 nitrogen and oxygen atoms in total. The Labute approximate surface area is 66.6 Å². The van der Waals surface area contributed by atoms with Crippen LogP contribution in [0.2, 0.25) is 6.82 Å². The Kier molecular flexibility index (Phi) is 3.59. The number of thioether (sulfide) groups is 1. The monoisotopic (exact) mass is 159 g/mol. The minimum atomic E-state index is 0.228. The second kappa shape index (κ2) is 4.26. The quantitative estimate of drug-likeness (QED) is 0.609. The number of ether oxygens (including phenoxy) is 1. The van der Waals surface area contributed by atoms with Gasteiger partial charge in [-0.05, 0) is 0 Å². The van der Waals surface area contributed by atoms with E-state index >= 15 is 0 Å². The van der Waals surface area contributed by atoms with Gasteiger partial charge in [-0.3, -0.25) is 0 Å². The maximum absolute atomic E-state index is 8.58. The van der Waals surface area contributed by atoms with Gasteiger partial charge < -0.3 is 9.84 Å².